The second kappa shape index (κ2) is 9.92. The minimum absolute atomic E-state index is 0.0568. The summed E-state index contributed by atoms with van der Waals surface area (Å²) in [5, 5.41) is 3.66. The molecule has 4 aromatic rings. The van der Waals surface area contributed by atoms with E-state index in [0.29, 0.717) is 11.4 Å². The number of sulfonamides is 1. The Bertz CT molecular complexity index is 1430. The van der Waals surface area contributed by atoms with Crippen molar-refractivity contribution < 1.29 is 17.9 Å². The molecule has 1 heterocycles. The summed E-state index contributed by atoms with van der Waals surface area (Å²) >= 11 is 1.43. The molecule has 4 rings (SSSR count). The number of aryl methyl sites for hydroxylation is 2. The van der Waals surface area contributed by atoms with Crippen molar-refractivity contribution in [3.8, 4) is 5.75 Å². The third kappa shape index (κ3) is 5.27. The van der Waals surface area contributed by atoms with Crippen LogP contribution in [0.2, 0.25) is 0 Å². The number of thiazole rings is 1. The number of ether oxygens (including phenoxy) is 1. The fourth-order valence-corrected chi connectivity index (χ4v) is 5.96. The second-order valence-corrected chi connectivity index (χ2v) is 11.0. The molecule has 0 aliphatic rings. The highest BCUT2D eigenvalue weighted by Gasteiger charge is 2.28. The zero-order valence-electron chi connectivity index (χ0n) is 19.1. The molecule has 0 atom stereocenters. The van der Waals surface area contributed by atoms with Gasteiger partial charge in [0.2, 0.25) is 15.9 Å². The van der Waals surface area contributed by atoms with E-state index in [4.69, 9.17) is 4.74 Å². The van der Waals surface area contributed by atoms with Gasteiger partial charge in [-0.05, 0) is 55.3 Å². The van der Waals surface area contributed by atoms with Gasteiger partial charge >= 0.3 is 0 Å². The number of nitrogens with one attached hydrogen (secondary N) is 1. The van der Waals surface area contributed by atoms with Gasteiger partial charge in [-0.1, -0.05) is 36.4 Å². The number of nitrogens with zero attached hydrogens (tertiary/aromatic N) is 2. The van der Waals surface area contributed by atoms with Crippen LogP contribution >= 0.6 is 11.3 Å². The second-order valence-electron chi connectivity index (χ2n) is 7.87. The molecule has 0 radical (unpaired) electrons. The summed E-state index contributed by atoms with van der Waals surface area (Å²) in [5.41, 5.74) is 2.96. The van der Waals surface area contributed by atoms with Gasteiger partial charge in [0.15, 0.2) is 0 Å². The normalized spacial score (nSPS) is 11.6. The molecule has 3 aromatic carbocycles. The van der Waals surface area contributed by atoms with Crippen LogP contribution < -0.4 is 10.1 Å². The van der Waals surface area contributed by atoms with Crippen molar-refractivity contribution in [2.45, 2.75) is 25.3 Å². The zero-order chi connectivity index (χ0) is 24.3. The number of hydrogen-bond acceptors (Lipinski definition) is 6. The van der Waals surface area contributed by atoms with Crippen LogP contribution in [0.25, 0.3) is 10.2 Å². The number of carbonyl (C=O) groups is 1. The summed E-state index contributed by atoms with van der Waals surface area (Å²) < 4.78 is 34.6. The van der Waals surface area contributed by atoms with Gasteiger partial charge in [0, 0.05) is 6.54 Å². The maximum atomic E-state index is 13.7. The Kier molecular flexibility index (Phi) is 6.97. The fraction of sp³-hybridized carbons (Fsp3) is 0.200. The standard InChI is InChI=1S/C25H25N3O4S2/c1-17-9-12-23(32-3)22(13-17)27-25(29)16-28(15-19-7-5-4-6-8-19)34(30,31)20-10-11-21-24(14-20)33-18(2)26-21/h4-14H,15-16H2,1-3H3,(H,27,29). The lowest BCUT2D eigenvalue weighted by atomic mass is 10.2. The summed E-state index contributed by atoms with van der Waals surface area (Å²) in [4.78, 5) is 17.5. The maximum Gasteiger partial charge on any atom is 0.243 e. The maximum absolute atomic E-state index is 13.7. The van der Waals surface area contributed by atoms with Crippen molar-refractivity contribution in [1.82, 2.24) is 9.29 Å². The van der Waals surface area contributed by atoms with Crippen molar-refractivity contribution >= 4 is 43.2 Å². The summed E-state index contributed by atoms with van der Waals surface area (Å²) in [7, 11) is -2.45. The summed E-state index contributed by atoms with van der Waals surface area (Å²) in [6, 6.07) is 19.5. The van der Waals surface area contributed by atoms with E-state index in [1.807, 2.05) is 50.2 Å². The number of amides is 1. The van der Waals surface area contributed by atoms with Gasteiger partial charge in [-0.3, -0.25) is 4.79 Å². The molecule has 7 nitrogen and oxygen atoms in total. The number of anilines is 1. The summed E-state index contributed by atoms with van der Waals surface area (Å²) in [6.45, 7) is 3.48. The van der Waals surface area contributed by atoms with E-state index in [2.05, 4.69) is 10.3 Å². The molecule has 0 fully saturated rings. The third-order valence-corrected chi connectivity index (χ3v) is 7.98. The highest BCUT2D eigenvalue weighted by molar-refractivity contribution is 7.89. The molecule has 0 saturated heterocycles. The number of aromatic nitrogens is 1. The monoisotopic (exact) mass is 495 g/mol. The Balaban J connectivity index is 1.65. The van der Waals surface area contributed by atoms with E-state index in [0.717, 1.165) is 26.4 Å². The van der Waals surface area contributed by atoms with E-state index in [-0.39, 0.29) is 18.0 Å². The smallest absolute Gasteiger partial charge is 0.243 e. The van der Waals surface area contributed by atoms with Gasteiger partial charge in [-0.25, -0.2) is 13.4 Å². The molecule has 1 aromatic heterocycles. The SMILES string of the molecule is COc1ccc(C)cc1NC(=O)CN(Cc1ccccc1)S(=O)(=O)c1ccc2nc(C)sc2c1. The molecule has 1 amide bonds. The van der Waals surface area contributed by atoms with Crippen LogP contribution in [-0.2, 0) is 21.4 Å². The van der Waals surface area contributed by atoms with Crippen LogP contribution in [0.15, 0.2) is 71.6 Å². The van der Waals surface area contributed by atoms with E-state index in [1.165, 1.54) is 28.8 Å². The molecule has 1 N–H and O–H groups in total. The van der Waals surface area contributed by atoms with Crippen molar-refractivity contribution in [3.63, 3.8) is 0 Å². The molecule has 9 heteroatoms. The minimum Gasteiger partial charge on any atom is -0.495 e. The summed E-state index contributed by atoms with van der Waals surface area (Å²) in [5.74, 6) is 0.0422. The van der Waals surface area contributed by atoms with Crippen LogP contribution in [0.5, 0.6) is 5.75 Å². The first-order valence-electron chi connectivity index (χ1n) is 10.6. The Labute approximate surface area is 203 Å². The van der Waals surface area contributed by atoms with Crippen LogP contribution in [0.3, 0.4) is 0 Å². The van der Waals surface area contributed by atoms with Crippen molar-refractivity contribution in [3.05, 3.63) is 82.9 Å². The van der Waals surface area contributed by atoms with Crippen LogP contribution in [0.4, 0.5) is 5.69 Å². The minimum atomic E-state index is -3.97. The highest BCUT2D eigenvalue weighted by atomic mass is 32.2. The predicted octanol–water partition coefficient (Wildman–Crippen LogP) is 4.75. The van der Waals surface area contributed by atoms with Gasteiger partial charge in [-0.2, -0.15) is 4.31 Å². The quantitative estimate of drug-likeness (QED) is 0.381. The average Bonchev–Trinajstić information content (AvgIpc) is 3.18. The van der Waals surface area contributed by atoms with Crippen LogP contribution in [0, 0.1) is 13.8 Å². The topological polar surface area (TPSA) is 88.6 Å². The first-order chi connectivity index (χ1) is 16.3. The third-order valence-electron chi connectivity index (χ3n) is 5.26. The van der Waals surface area contributed by atoms with Gasteiger partial charge in [0.05, 0.1) is 39.5 Å². The first-order valence-corrected chi connectivity index (χ1v) is 12.9. The Hall–Kier alpha value is -3.27. The molecular weight excluding hydrogens is 470 g/mol. The Morgan fingerprint density at radius 2 is 1.82 bits per heavy atom. The molecule has 0 aliphatic carbocycles. The Morgan fingerprint density at radius 3 is 2.56 bits per heavy atom. The van der Waals surface area contributed by atoms with Gasteiger partial charge in [-0.15, -0.1) is 11.3 Å². The van der Waals surface area contributed by atoms with Crippen LogP contribution in [0.1, 0.15) is 16.1 Å². The van der Waals surface area contributed by atoms with Crippen molar-refractivity contribution in [2.24, 2.45) is 0 Å². The number of carbonyl (C=O) groups excluding carboxylic acids is 1. The van der Waals surface area contributed by atoms with Gasteiger partial charge < -0.3 is 10.1 Å². The highest BCUT2D eigenvalue weighted by Crippen LogP contribution is 2.28. The predicted molar refractivity (Wildman–Crippen MR) is 135 cm³/mol. The molecule has 0 bridgehead atoms. The van der Waals surface area contributed by atoms with Crippen molar-refractivity contribution in [1.29, 1.82) is 0 Å². The first kappa shape index (κ1) is 23.9. The lowest BCUT2D eigenvalue weighted by Crippen LogP contribution is -2.37. The average molecular weight is 496 g/mol. The molecule has 0 aliphatic heterocycles. The number of methoxy groups -OCH3 is 1. The number of rotatable bonds is 8. The van der Waals surface area contributed by atoms with E-state index < -0.39 is 15.9 Å². The number of benzene rings is 3. The van der Waals surface area contributed by atoms with Gasteiger partial charge in [0.25, 0.3) is 0 Å². The van der Waals surface area contributed by atoms with Crippen molar-refractivity contribution in [2.75, 3.05) is 19.0 Å². The van der Waals surface area contributed by atoms with Crippen LogP contribution in [-0.4, -0.2) is 37.3 Å². The van der Waals surface area contributed by atoms with E-state index in [1.54, 1.807) is 24.3 Å². The van der Waals surface area contributed by atoms with E-state index >= 15 is 0 Å². The zero-order valence-corrected chi connectivity index (χ0v) is 20.7. The number of fused-ring (bicyclic) bond motifs is 1. The molecule has 0 unspecified atom stereocenters. The van der Waals surface area contributed by atoms with Gasteiger partial charge in [0.1, 0.15) is 5.75 Å². The lowest BCUT2D eigenvalue weighted by Gasteiger charge is -2.22. The molecular formula is C25H25N3O4S2. The molecule has 0 saturated carbocycles. The molecule has 34 heavy (non-hydrogen) atoms. The van der Waals surface area contributed by atoms with E-state index in [9.17, 15) is 13.2 Å². The molecule has 176 valence electrons. The summed E-state index contributed by atoms with van der Waals surface area (Å²) in [6.07, 6.45) is 0. The number of hydrogen-bond donors (Lipinski definition) is 1. The molecule has 0 spiro atoms. The largest absolute Gasteiger partial charge is 0.495 e. The Morgan fingerprint density at radius 1 is 1.06 bits per heavy atom. The lowest BCUT2D eigenvalue weighted by molar-refractivity contribution is -0.116. The fourth-order valence-electron chi connectivity index (χ4n) is 3.61.